The van der Waals surface area contributed by atoms with Crippen LogP contribution >= 0.6 is 0 Å². The van der Waals surface area contributed by atoms with Crippen LogP contribution in [0, 0.1) is 11.7 Å². The molecule has 1 aromatic carbocycles. The Labute approximate surface area is 161 Å². The number of hydrogen-bond donors (Lipinski definition) is 1. The number of halogens is 1. The Morgan fingerprint density at radius 3 is 2.41 bits per heavy atom. The average Bonchev–Trinajstić information content (AvgIpc) is 2.60. The van der Waals surface area contributed by atoms with Crippen LogP contribution < -0.4 is 5.32 Å². The fourth-order valence-corrected chi connectivity index (χ4v) is 4.54. The number of nitrogens with one attached hydrogen (secondary N) is 1. The van der Waals surface area contributed by atoms with Gasteiger partial charge in [0.2, 0.25) is 15.9 Å². The summed E-state index contributed by atoms with van der Waals surface area (Å²) in [4.78, 5) is 14.1. The first-order valence-corrected chi connectivity index (χ1v) is 10.9. The maximum absolute atomic E-state index is 13.3. The van der Waals surface area contributed by atoms with Crippen LogP contribution in [0.3, 0.4) is 0 Å². The summed E-state index contributed by atoms with van der Waals surface area (Å²) >= 11 is 0. The highest BCUT2D eigenvalue weighted by molar-refractivity contribution is 7.89. The lowest BCUT2D eigenvalue weighted by atomic mass is 10.0. The number of piperazine rings is 1. The van der Waals surface area contributed by atoms with Gasteiger partial charge in [-0.2, -0.15) is 4.31 Å². The van der Waals surface area contributed by atoms with Gasteiger partial charge in [0.05, 0.1) is 11.4 Å². The van der Waals surface area contributed by atoms with Crippen molar-refractivity contribution in [2.24, 2.45) is 5.92 Å². The largest absolute Gasteiger partial charge is 0.353 e. The molecule has 1 aliphatic heterocycles. The molecule has 0 aliphatic carbocycles. The van der Waals surface area contributed by atoms with Gasteiger partial charge in [0.1, 0.15) is 5.82 Å². The van der Waals surface area contributed by atoms with Crippen molar-refractivity contribution in [2.45, 2.75) is 44.6 Å². The lowest BCUT2D eigenvalue weighted by molar-refractivity contribution is -0.123. The van der Waals surface area contributed by atoms with Gasteiger partial charge in [-0.1, -0.05) is 19.9 Å². The Hall–Kier alpha value is -1.51. The van der Waals surface area contributed by atoms with Crippen LogP contribution in [0.1, 0.15) is 33.6 Å². The monoisotopic (exact) mass is 399 g/mol. The van der Waals surface area contributed by atoms with Gasteiger partial charge in [-0.25, -0.2) is 12.8 Å². The molecular formula is C19H30FN3O3S. The van der Waals surface area contributed by atoms with Crippen LogP contribution in [0.25, 0.3) is 0 Å². The second kappa shape index (κ2) is 9.61. The minimum absolute atomic E-state index is 0.0345. The first-order valence-electron chi connectivity index (χ1n) is 9.46. The Kier molecular flexibility index (Phi) is 7.76. The highest BCUT2D eigenvalue weighted by Gasteiger charge is 2.29. The molecule has 1 amide bonds. The summed E-state index contributed by atoms with van der Waals surface area (Å²) in [6.45, 7) is 8.11. The molecule has 1 N–H and O–H groups in total. The normalized spacial score (nSPS) is 17.8. The lowest BCUT2D eigenvalue weighted by Gasteiger charge is -2.33. The smallest absolute Gasteiger partial charge is 0.243 e. The van der Waals surface area contributed by atoms with E-state index in [9.17, 15) is 17.6 Å². The predicted molar refractivity (Wildman–Crippen MR) is 103 cm³/mol. The highest BCUT2D eigenvalue weighted by atomic mass is 32.2. The number of benzene rings is 1. The zero-order valence-corrected chi connectivity index (χ0v) is 17.1. The van der Waals surface area contributed by atoms with Crippen LogP contribution in [0.5, 0.6) is 0 Å². The van der Waals surface area contributed by atoms with Crippen molar-refractivity contribution in [3.63, 3.8) is 0 Å². The number of carbonyl (C=O) groups is 1. The number of hydrogen-bond acceptors (Lipinski definition) is 4. The number of nitrogens with zero attached hydrogens (tertiary/aromatic N) is 2. The van der Waals surface area contributed by atoms with Crippen molar-refractivity contribution < 1.29 is 17.6 Å². The van der Waals surface area contributed by atoms with Gasteiger partial charge in [0.25, 0.3) is 0 Å². The van der Waals surface area contributed by atoms with Crippen molar-refractivity contribution in [3.05, 3.63) is 30.1 Å². The van der Waals surface area contributed by atoms with Crippen LogP contribution in [0.2, 0.25) is 0 Å². The minimum atomic E-state index is -3.70. The molecule has 1 heterocycles. The predicted octanol–water partition coefficient (Wildman–Crippen LogP) is 2.07. The first-order chi connectivity index (χ1) is 12.7. The number of rotatable bonds is 8. The summed E-state index contributed by atoms with van der Waals surface area (Å²) in [5.74, 6) is 0.00290. The molecule has 6 nitrogen and oxygen atoms in total. The summed E-state index contributed by atoms with van der Waals surface area (Å²) in [6.07, 6.45) is 2.02. The van der Waals surface area contributed by atoms with Gasteiger partial charge >= 0.3 is 0 Å². The van der Waals surface area contributed by atoms with Gasteiger partial charge in [-0.3, -0.25) is 9.69 Å². The molecule has 1 saturated heterocycles. The molecule has 0 radical (unpaired) electrons. The van der Waals surface area contributed by atoms with Gasteiger partial charge in [-0.05, 0) is 43.9 Å². The topological polar surface area (TPSA) is 69.7 Å². The van der Waals surface area contributed by atoms with Crippen molar-refractivity contribution in [2.75, 3.05) is 32.7 Å². The second-order valence-electron chi connectivity index (χ2n) is 7.58. The third-order valence-corrected chi connectivity index (χ3v) is 6.61. The van der Waals surface area contributed by atoms with Crippen LogP contribution in [0.15, 0.2) is 29.2 Å². The van der Waals surface area contributed by atoms with E-state index in [1.807, 2.05) is 11.8 Å². The SMILES string of the molecule is CC(C)CC[C@@H](C)NC(=O)CN1CCN(S(=O)(=O)c2cccc(F)c2)CC1. The molecule has 8 heteroatoms. The minimum Gasteiger partial charge on any atom is -0.353 e. The fourth-order valence-electron chi connectivity index (χ4n) is 3.08. The quantitative estimate of drug-likeness (QED) is 0.727. The molecule has 0 unspecified atom stereocenters. The van der Waals surface area contributed by atoms with Crippen LogP contribution in [-0.2, 0) is 14.8 Å². The number of sulfonamides is 1. The second-order valence-corrected chi connectivity index (χ2v) is 9.52. The Morgan fingerprint density at radius 2 is 1.81 bits per heavy atom. The van der Waals surface area contributed by atoms with E-state index >= 15 is 0 Å². The molecule has 2 rings (SSSR count). The summed E-state index contributed by atoms with van der Waals surface area (Å²) in [5.41, 5.74) is 0. The van der Waals surface area contributed by atoms with Crippen molar-refractivity contribution in [3.8, 4) is 0 Å². The maximum atomic E-state index is 13.3. The average molecular weight is 400 g/mol. The third kappa shape index (κ3) is 6.55. The van der Waals surface area contributed by atoms with E-state index in [1.165, 1.54) is 22.5 Å². The van der Waals surface area contributed by atoms with E-state index in [2.05, 4.69) is 19.2 Å². The molecule has 1 aliphatic rings. The summed E-state index contributed by atoms with van der Waals surface area (Å²) in [7, 11) is -3.70. The van der Waals surface area contributed by atoms with Crippen molar-refractivity contribution >= 4 is 15.9 Å². The van der Waals surface area contributed by atoms with Crippen LogP contribution in [-0.4, -0.2) is 62.3 Å². The molecular weight excluding hydrogens is 369 g/mol. The molecule has 0 saturated carbocycles. The summed E-state index contributed by atoms with van der Waals surface area (Å²) in [6, 6.07) is 5.18. The van der Waals surface area contributed by atoms with Crippen molar-refractivity contribution in [1.29, 1.82) is 0 Å². The maximum Gasteiger partial charge on any atom is 0.243 e. The molecule has 1 aromatic rings. The van der Waals surface area contributed by atoms with E-state index in [1.54, 1.807) is 0 Å². The van der Waals surface area contributed by atoms with E-state index in [0.29, 0.717) is 19.0 Å². The Balaban J connectivity index is 1.82. The lowest BCUT2D eigenvalue weighted by Crippen LogP contribution is -2.51. The molecule has 0 bridgehead atoms. The third-order valence-electron chi connectivity index (χ3n) is 4.72. The fraction of sp³-hybridized carbons (Fsp3) is 0.632. The van der Waals surface area contributed by atoms with Crippen molar-refractivity contribution in [1.82, 2.24) is 14.5 Å². The number of carbonyl (C=O) groups excluding carboxylic acids is 1. The molecule has 1 fully saturated rings. The zero-order chi connectivity index (χ0) is 20.0. The van der Waals surface area contributed by atoms with E-state index in [4.69, 9.17) is 0 Å². The van der Waals surface area contributed by atoms with E-state index in [-0.39, 0.29) is 36.5 Å². The summed E-state index contributed by atoms with van der Waals surface area (Å²) in [5, 5.41) is 3.00. The molecule has 152 valence electrons. The van der Waals surface area contributed by atoms with Gasteiger partial charge in [-0.15, -0.1) is 0 Å². The zero-order valence-electron chi connectivity index (χ0n) is 16.3. The van der Waals surface area contributed by atoms with Crippen LogP contribution in [0.4, 0.5) is 4.39 Å². The van der Waals surface area contributed by atoms with E-state index in [0.717, 1.165) is 18.9 Å². The molecule has 27 heavy (non-hydrogen) atoms. The standard InChI is InChI=1S/C19H30FN3O3S/c1-15(2)7-8-16(3)21-19(24)14-22-9-11-23(12-10-22)27(25,26)18-6-4-5-17(20)13-18/h4-6,13,15-16H,7-12,14H2,1-3H3,(H,21,24)/t16-/m1/s1. The van der Waals surface area contributed by atoms with Gasteiger partial charge in [0.15, 0.2) is 0 Å². The Bertz CT molecular complexity index is 731. The highest BCUT2D eigenvalue weighted by Crippen LogP contribution is 2.18. The van der Waals surface area contributed by atoms with Gasteiger partial charge < -0.3 is 5.32 Å². The Morgan fingerprint density at radius 1 is 1.15 bits per heavy atom. The molecule has 0 aromatic heterocycles. The summed E-state index contributed by atoms with van der Waals surface area (Å²) < 4.78 is 39.9. The van der Waals surface area contributed by atoms with Gasteiger partial charge in [0, 0.05) is 32.2 Å². The van der Waals surface area contributed by atoms with E-state index < -0.39 is 15.8 Å². The number of amides is 1. The first kappa shape index (κ1) is 21.8. The molecule has 0 spiro atoms. The molecule has 1 atom stereocenters.